The molecule has 14 rings (SSSR count). The van der Waals surface area contributed by atoms with Crippen LogP contribution in [0.25, 0.3) is 144 Å². The lowest BCUT2D eigenvalue weighted by molar-refractivity contribution is 0.669. The second-order valence-corrected chi connectivity index (χ2v) is 17.8. The topological polar surface area (TPSA) is 65.0 Å². The minimum atomic E-state index is 0.654. The van der Waals surface area contributed by atoms with Gasteiger partial charge < -0.3 is 8.83 Å². The Morgan fingerprint density at radius 3 is 1.61 bits per heavy atom. The van der Waals surface area contributed by atoms with E-state index in [4.69, 9.17) is 23.8 Å². The molecule has 0 spiro atoms. The molecular formula is C65H39N3O2. The van der Waals surface area contributed by atoms with Crippen molar-refractivity contribution >= 4 is 65.6 Å². The maximum Gasteiger partial charge on any atom is 0.160 e. The molecule has 326 valence electrons. The molecule has 10 aromatic carbocycles. The summed E-state index contributed by atoms with van der Waals surface area (Å²) in [6, 6.07) is 82.6. The molecule has 0 bridgehead atoms. The van der Waals surface area contributed by atoms with E-state index in [1.54, 1.807) is 0 Å². The quantitative estimate of drug-likeness (QED) is 0.149. The number of pyridine rings is 1. The first-order valence-corrected chi connectivity index (χ1v) is 23.6. The van der Waals surface area contributed by atoms with Crippen molar-refractivity contribution < 1.29 is 8.83 Å². The van der Waals surface area contributed by atoms with Crippen LogP contribution in [0.1, 0.15) is 0 Å². The van der Waals surface area contributed by atoms with Gasteiger partial charge in [0.2, 0.25) is 0 Å². The minimum Gasteiger partial charge on any atom is -0.456 e. The molecule has 0 saturated heterocycles. The number of rotatable bonds is 7. The number of furan rings is 2. The van der Waals surface area contributed by atoms with Crippen molar-refractivity contribution in [3.8, 4) is 78.5 Å². The summed E-state index contributed by atoms with van der Waals surface area (Å²) in [4.78, 5) is 15.8. The summed E-state index contributed by atoms with van der Waals surface area (Å²) < 4.78 is 13.1. The van der Waals surface area contributed by atoms with Gasteiger partial charge in [-0.3, -0.25) is 0 Å². The van der Waals surface area contributed by atoms with Crippen LogP contribution in [0.2, 0.25) is 0 Å². The summed E-state index contributed by atoms with van der Waals surface area (Å²) in [6.07, 6.45) is 0. The van der Waals surface area contributed by atoms with Crippen LogP contribution in [-0.2, 0) is 0 Å². The second kappa shape index (κ2) is 16.1. The highest BCUT2D eigenvalue weighted by Crippen LogP contribution is 2.47. The van der Waals surface area contributed by atoms with E-state index in [-0.39, 0.29) is 0 Å². The van der Waals surface area contributed by atoms with Crippen LogP contribution in [0.5, 0.6) is 0 Å². The van der Waals surface area contributed by atoms with Gasteiger partial charge in [0.15, 0.2) is 5.82 Å². The molecule has 14 aromatic rings. The number of fused-ring (bicyclic) bond motifs is 9. The molecule has 0 aliphatic carbocycles. The van der Waals surface area contributed by atoms with Gasteiger partial charge in [0.05, 0.1) is 22.6 Å². The van der Waals surface area contributed by atoms with Crippen molar-refractivity contribution in [2.24, 2.45) is 0 Å². The van der Waals surface area contributed by atoms with Gasteiger partial charge in [-0.15, -0.1) is 0 Å². The Balaban J connectivity index is 0.906. The first-order valence-electron chi connectivity index (χ1n) is 23.6. The van der Waals surface area contributed by atoms with Crippen molar-refractivity contribution in [1.29, 1.82) is 0 Å². The average Bonchev–Trinajstić information content (AvgIpc) is 4.01. The molecule has 5 heteroatoms. The summed E-state index contributed by atoms with van der Waals surface area (Å²) in [6.45, 7) is 0. The molecule has 0 fully saturated rings. The molecule has 0 radical (unpaired) electrons. The monoisotopic (exact) mass is 893 g/mol. The van der Waals surface area contributed by atoms with E-state index in [1.807, 2.05) is 30.3 Å². The highest BCUT2D eigenvalue weighted by atomic mass is 16.3. The highest BCUT2D eigenvalue weighted by Gasteiger charge is 2.22. The minimum absolute atomic E-state index is 0.654. The van der Waals surface area contributed by atoms with E-state index in [0.717, 1.165) is 138 Å². The third kappa shape index (κ3) is 6.59. The van der Waals surface area contributed by atoms with E-state index < -0.39 is 0 Å². The first kappa shape index (κ1) is 39.7. The molecule has 0 saturated carbocycles. The zero-order valence-corrected chi connectivity index (χ0v) is 37.7. The predicted octanol–water partition coefficient (Wildman–Crippen LogP) is 17.6. The lowest BCUT2D eigenvalue weighted by atomic mass is 9.88. The number of benzene rings is 10. The fourth-order valence-electron chi connectivity index (χ4n) is 10.4. The zero-order chi connectivity index (χ0) is 46.1. The molecule has 0 N–H and O–H groups in total. The van der Waals surface area contributed by atoms with Crippen molar-refractivity contribution in [2.75, 3.05) is 0 Å². The molecule has 4 heterocycles. The fourth-order valence-corrected chi connectivity index (χ4v) is 10.4. The van der Waals surface area contributed by atoms with Gasteiger partial charge in [0, 0.05) is 71.1 Å². The molecule has 0 unspecified atom stereocenters. The number of aromatic nitrogens is 3. The Bertz CT molecular complexity index is 4340. The van der Waals surface area contributed by atoms with Crippen LogP contribution in [-0.4, -0.2) is 15.0 Å². The normalized spacial score (nSPS) is 11.7. The lowest BCUT2D eigenvalue weighted by Crippen LogP contribution is -1.96. The Hall–Kier alpha value is -9.45. The summed E-state index contributed by atoms with van der Waals surface area (Å²) >= 11 is 0. The third-order valence-corrected chi connectivity index (χ3v) is 13.7. The van der Waals surface area contributed by atoms with Gasteiger partial charge in [0.25, 0.3) is 0 Å². The average molecular weight is 894 g/mol. The molecule has 0 aliphatic rings. The highest BCUT2D eigenvalue weighted by molar-refractivity contribution is 6.28. The molecule has 0 amide bonds. The Morgan fingerprint density at radius 2 is 0.843 bits per heavy atom. The van der Waals surface area contributed by atoms with Crippen molar-refractivity contribution in [1.82, 2.24) is 15.0 Å². The Labute approximate surface area is 402 Å². The third-order valence-electron chi connectivity index (χ3n) is 13.7. The van der Waals surface area contributed by atoms with Crippen LogP contribution in [0, 0.1) is 0 Å². The number of para-hydroxylation sites is 4. The van der Waals surface area contributed by atoms with Gasteiger partial charge in [0.1, 0.15) is 22.3 Å². The van der Waals surface area contributed by atoms with Crippen LogP contribution < -0.4 is 0 Å². The molecule has 70 heavy (non-hydrogen) atoms. The van der Waals surface area contributed by atoms with Crippen LogP contribution in [0.3, 0.4) is 0 Å². The first-order chi connectivity index (χ1) is 34.7. The maximum absolute atomic E-state index is 6.70. The summed E-state index contributed by atoms with van der Waals surface area (Å²) in [5.74, 6) is 0.654. The zero-order valence-electron chi connectivity index (χ0n) is 37.7. The van der Waals surface area contributed by atoms with E-state index >= 15 is 0 Å². The molecule has 0 atom stereocenters. The van der Waals surface area contributed by atoms with Crippen molar-refractivity contribution in [2.45, 2.75) is 0 Å². The fraction of sp³-hybridized carbons (Fsp3) is 0. The Morgan fingerprint density at radius 1 is 0.286 bits per heavy atom. The summed E-state index contributed by atoms with van der Waals surface area (Å²) in [7, 11) is 0. The van der Waals surface area contributed by atoms with Crippen molar-refractivity contribution in [3.63, 3.8) is 0 Å². The van der Waals surface area contributed by atoms with E-state index in [1.165, 1.54) is 0 Å². The van der Waals surface area contributed by atoms with Crippen molar-refractivity contribution in [3.05, 3.63) is 237 Å². The standard InChI is InChI=1S/C65H39N3O2/c1-3-16-41(17-4-1)55-39-56(68-65(67-55)43-34-32-40(33-35-43)48-27-15-28-50-49-24-8-11-30-57(49)70-64(48)50)46-22-13-20-44(36-46)45-21-14-23-47(37-45)60-61-51-25-7-10-29-54(51)66-63(42-18-5-2-6-19-42)53(61)38-59-62(60)52-26-9-12-31-58(52)69-59/h1-39H. The van der Waals surface area contributed by atoms with E-state index in [0.29, 0.717) is 5.82 Å². The maximum atomic E-state index is 6.70. The van der Waals surface area contributed by atoms with Gasteiger partial charge >= 0.3 is 0 Å². The number of nitrogens with zero attached hydrogens (tertiary/aromatic N) is 3. The smallest absolute Gasteiger partial charge is 0.160 e. The largest absolute Gasteiger partial charge is 0.456 e. The molecule has 0 aliphatic heterocycles. The van der Waals surface area contributed by atoms with Crippen LogP contribution >= 0.6 is 0 Å². The van der Waals surface area contributed by atoms with Gasteiger partial charge in [-0.05, 0) is 64.7 Å². The van der Waals surface area contributed by atoms with E-state index in [9.17, 15) is 0 Å². The molecule has 4 aromatic heterocycles. The van der Waals surface area contributed by atoms with Gasteiger partial charge in [-0.25, -0.2) is 15.0 Å². The predicted molar refractivity (Wildman–Crippen MR) is 287 cm³/mol. The number of hydrogen-bond donors (Lipinski definition) is 0. The second-order valence-electron chi connectivity index (χ2n) is 17.8. The Kier molecular flexibility index (Phi) is 9.14. The lowest BCUT2D eigenvalue weighted by Gasteiger charge is -2.16. The van der Waals surface area contributed by atoms with Crippen LogP contribution in [0.15, 0.2) is 245 Å². The molecular weight excluding hydrogens is 855 g/mol. The van der Waals surface area contributed by atoms with Crippen LogP contribution in [0.4, 0.5) is 0 Å². The summed E-state index contributed by atoms with van der Waals surface area (Å²) in [5.41, 5.74) is 17.5. The van der Waals surface area contributed by atoms with Gasteiger partial charge in [-0.1, -0.05) is 194 Å². The van der Waals surface area contributed by atoms with E-state index in [2.05, 4.69) is 206 Å². The summed E-state index contributed by atoms with van der Waals surface area (Å²) in [5, 5.41) is 7.68. The molecule has 5 nitrogen and oxygen atoms in total. The SMILES string of the molecule is c1ccc(-c2cc(-c3cccc(-c4cccc(-c5c6c(cc7c(-c8ccccc8)nc8ccccc8c57)oc5ccccc56)c4)c3)nc(-c3ccc(-c4cccc5c4oc4ccccc45)cc3)n2)cc1. The van der Waals surface area contributed by atoms with Gasteiger partial charge in [-0.2, -0.15) is 0 Å². The number of hydrogen-bond acceptors (Lipinski definition) is 5.